The second kappa shape index (κ2) is 7.32. The van der Waals surface area contributed by atoms with Crippen molar-refractivity contribution < 1.29 is 9.53 Å². The second-order valence-electron chi connectivity index (χ2n) is 6.00. The van der Waals surface area contributed by atoms with Gasteiger partial charge in [-0.3, -0.25) is 4.79 Å². The van der Waals surface area contributed by atoms with Crippen molar-refractivity contribution in [3.05, 3.63) is 77.0 Å². The van der Waals surface area contributed by atoms with Crippen LogP contribution >= 0.6 is 0 Å². The number of amides is 1. The van der Waals surface area contributed by atoms with Gasteiger partial charge in [-0.15, -0.1) is 0 Å². The molecule has 0 saturated heterocycles. The number of methoxy groups -OCH3 is 1. The molecule has 3 rings (SSSR count). The molecular weight excluding hydrogens is 314 g/mol. The van der Waals surface area contributed by atoms with Crippen molar-refractivity contribution in [2.75, 3.05) is 12.4 Å². The predicted octanol–water partition coefficient (Wildman–Crippen LogP) is 3.89. The number of hydrogen-bond acceptors (Lipinski definition) is 3. The first-order valence-corrected chi connectivity index (χ1v) is 8.10. The topological polar surface area (TPSA) is 56.1 Å². The van der Waals surface area contributed by atoms with E-state index in [1.165, 1.54) is 5.56 Å². The molecule has 0 aliphatic carbocycles. The van der Waals surface area contributed by atoms with Gasteiger partial charge in [0.2, 0.25) is 0 Å². The van der Waals surface area contributed by atoms with Gasteiger partial charge >= 0.3 is 0 Å². The minimum Gasteiger partial charge on any atom is -0.380 e. The van der Waals surface area contributed by atoms with Gasteiger partial charge in [-0.1, -0.05) is 29.8 Å². The zero-order chi connectivity index (χ0) is 17.8. The van der Waals surface area contributed by atoms with Crippen LogP contribution in [0.1, 0.15) is 27.2 Å². The maximum atomic E-state index is 12.5. The summed E-state index contributed by atoms with van der Waals surface area (Å²) in [6, 6.07) is 17.2. The third-order valence-corrected chi connectivity index (χ3v) is 3.88. The first-order valence-electron chi connectivity index (χ1n) is 8.10. The van der Waals surface area contributed by atoms with Crippen molar-refractivity contribution in [2.24, 2.45) is 0 Å². The van der Waals surface area contributed by atoms with E-state index in [-0.39, 0.29) is 5.91 Å². The van der Waals surface area contributed by atoms with Crippen LogP contribution in [0.3, 0.4) is 0 Å². The maximum Gasteiger partial charge on any atom is 0.256 e. The van der Waals surface area contributed by atoms with E-state index in [2.05, 4.69) is 10.4 Å². The van der Waals surface area contributed by atoms with E-state index in [0.29, 0.717) is 18.0 Å². The molecule has 0 spiro atoms. The molecule has 0 bridgehead atoms. The summed E-state index contributed by atoms with van der Waals surface area (Å²) in [5.74, 6) is 0.476. The predicted molar refractivity (Wildman–Crippen MR) is 98.1 cm³/mol. The van der Waals surface area contributed by atoms with Crippen LogP contribution in [0.25, 0.3) is 5.69 Å². The first kappa shape index (κ1) is 16.9. The molecule has 1 heterocycles. The molecule has 0 fully saturated rings. The van der Waals surface area contributed by atoms with Crippen LogP contribution in [0.2, 0.25) is 0 Å². The normalized spacial score (nSPS) is 10.7. The Morgan fingerprint density at radius 2 is 1.76 bits per heavy atom. The molecule has 5 heteroatoms. The fourth-order valence-electron chi connectivity index (χ4n) is 2.58. The van der Waals surface area contributed by atoms with Crippen LogP contribution in [-0.2, 0) is 11.3 Å². The summed E-state index contributed by atoms with van der Waals surface area (Å²) in [7, 11) is 1.65. The van der Waals surface area contributed by atoms with E-state index in [1.807, 2.05) is 56.3 Å². The van der Waals surface area contributed by atoms with Crippen LogP contribution in [0.15, 0.2) is 54.6 Å². The minimum absolute atomic E-state index is 0.169. The number of carbonyl (C=O) groups is 1. The molecular formula is C20H21N3O2. The van der Waals surface area contributed by atoms with E-state index >= 15 is 0 Å². The molecule has 0 saturated carbocycles. The van der Waals surface area contributed by atoms with Gasteiger partial charge in [0.25, 0.3) is 5.91 Å². The molecule has 0 aliphatic rings. The molecule has 0 radical (unpaired) electrons. The Balaban J connectivity index is 1.83. The van der Waals surface area contributed by atoms with Crippen molar-refractivity contribution >= 4 is 11.7 Å². The quantitative estimate of drug-likeness (QED) is 0.769. The molecule has 1 N–H and O–H groups in total. The lowest BCUT2D eigenvalue weighted by Gasteiger charge is -2.09. The number of nitrogens with one attached hydrogen (secondary N) is 1. The highest BCUT2D eigenvalue weighted by Crippen LogP contribution is 2.18. The average molecular weight is 335 g/mol. The molecule has 1 amide bonds. The Labute approximate surface area is 147 Å². The lowest BCUT2D eigenvalue weighted by molar-refractivity contribution is 0.102. The fraction of sp³-hybridized carbons (Fsp3) is 0.200. The van der Waals surface area contributed by atoms with Crippen molar-refractivity contribution in [3.63, 3.8) is 0 Å². The number of rotatable bonds is 5. The van der Waals surface area contributed by atoms with Crippen molar-refractivity contribution in [2.45, 2.75) is 20.5 Å². The van der Waals surface area contributed by atoms with Crippen LogP contribution in [-0.4, -0.2) is 22.8 Å². The fourth-order valence-corrected chi connectivity index (χ4v) is 2.58. The highest BCUT2D eigenvalue weighted by atomic mass is 16.5. The average Bonchev–Trinajstić information content (AvgIpc) is 2.97. The largest absolute Gasteiger partial charge is 0.380 e. The standard InChI is InChI=1S/C20H21N3O2/c1-14-4-10-18(11-5-14)23-19(12-15(2)22-23)21-20(24)17-8-6-16(7-9-17)13-25-3/h4-12H,13H2,1-3H3,(H,21,24). The van der Waals surface area contributed by atoms with Crippen molar-refractivity contribution in [3.8, 4) is 5.69 Å². The number of anilines is 1. The third kappa shape index (κ3) is 3.95. The molecule has 0 atom stereocenters. The Morgan fingerprint density at radius 3 is 2.40 bits per heavy atom. The van der Waals surface area contributed by atoms with Crippen LogP contribution < -0.4 is 5.32 Å². The first-order chi connectivity index (χ1) is 12.1. The van der Waals surface area contributed by atoms with Crippen LogP contribution in [0, 0.1) is 13.8 Å². The summed E-state index contributed by atoms with van der Waals surface area (Å²) in [4.78, 5) is 12.5. The molecule has 0 unspecified atom stereocenters. The van der Waals surface area contributed by atoms with Gasteiger partial charge in [-0.2, -0.15) is 5.10 Å². The number of aromatic nitrogens is 2. The molecule has 1 aromatic heterocycles. The summed E-state index contributed by atoms with van der Waals surface area (Å²) < 4.78 is 6.83. The number of aryl methyl sites for hydroxylation is 2. The molecule has 2 aromatic carbocycles. The third-order valence-electron chi connectivity index (χ3n) is 3.88. The molecule has 3 aromatic rings. The zero-order valence-electron chi connectivity index (χ0n) is 14.6. The summed E-state index contributed by atoms with van der Waals surface area (Å²) in [5, 5.41) is 7.42. The minimum atomic E-state index is -0.169. The van der Waals surface area contributed by atoms with E-state index in [0.717, 1.165) is 16.9 Å². The number of hydrogen-bond donors (Lipinski definition) is 1. The Hall–Kier alpha value is -2.92. The Kier molecular flexibility index (Phi) is 4.95. The number of benzene rings is 2. The lowest BCUT2D eigenvalue weighted by Crippen LogP contribution is -2.15. The summed E-state index contributed by atoms with van der Waals surface area (Å²) in [6.45, 7) is 4.47. The van der Waals surface area contributed by atoms with Gasteiger partial charge < -0.3 is 10.1 Å². The summed E-state index contributed by atoms with van der Waals surface area (Å²) in [5.41, 5.74) is 4.54. The van der Waals surface area contributed by atoms with Gasteiger partial charge in [-0.05, 0) is 43.7 Å². The number of nitrogens with zero attached hydrogens (tertiary/aromatic N) is 2. The Morgan fingerprint density at radius 1 is 1.08 bits per heavy atom. The van der Waals surface area contributed by atoms with Crippen LogP contribution in [0.5, 0.6) is 0 Å². The second-order valence-corrected chi connectivity index (χ2v) is 6.00. The van der Waals surface area contributed by atoms with Crippen molar-refractivity contribution in [1.29, 1.82) is 0 Å². The van der Waals surface area contributed by atoms with Gasteiger partial charge in [0.05, 0.1) is 18.0 Å². The molecule has 128 valence electrons. The van der Waals surface area contributed by atoms with E-state index in [9.17, 15) is 4.79 Å². The van der Waals surface area contributed by atoms with Crippen molar-refractivity contribution in [1.82, 2.24) is 9.78 Å². The van der Waals surface area contributed by atoms with E-state index < -0.39 is 0 Å². The van der Waals surface area contributed by atoms with E-state index in [1.54, 1.807) is 23.9 Å². The van der Waals surface area contributed by atoms with Gasteiger partial charge in [0.15, 0.2) is 0 Å². The molecule has 5 nitrogen and oxygen atoms in total. The summed E-state index contributed by atoms with van der Waals surface area (Å²) in [6.07, 6.45) is 0. The molecule has 0 aliphatic heterocycles. The Bertz CT molecular complexity index is 865. The monoisotopic (exact) mass is 335 g/mol. The van der Waals surface area contributed by atoms with Gasteiger partial charge in [0, 0.05) is 18.7 Å². The zero-order valence-corrected chi connectivity index (χ0v) is 14.6. The van der Waals surface area contributed by atoms with Gasteiger partial charge in [-0.25, -0.2) is 4.68 Å². The highest BCUT2D eigenvalue weighted by molar-refractivity contribution is 6.04. The summed E-state index contributed by atoms with van der Waals surface area (Å²) >= 11 is 0. The maximum absolute atomic E-state index is 12.5. The van der Waals surface area contributed by atoms with Crippen LogP contribution in [0.4, 0.5) is 5.82 Å². The van der Waals surface area contributed by atoms with E-state index in [4.69, 9.17) is 4.74 Å². The highest BCUT2D eigenvalue weighted by Gasteiger charge is 2.12. The number of carbonyl (C=O) groups excluding carboxylic acids is 1. The lowest BCUT2D eigenvalue weighted by atomic mass is 10.1. The van der Waals surface area contributed by atoms with Gasteiger partial charge in [0.1, 0.15) is 5.82 Å². The molecule has 25 heavy (non-hydrogen) atoms. The number of ether oxygens (including phenoxy) is 1. The SMILES string of the molecule is COCc1ccc(C(=O)Nc2cc(C)nn2-c2ccc(C)cc2)cc1. The smallest absolute Gasteiger partial charge is 0.256 e.